The van der Waals surface area contributed by atoms with E-state index in [-0.39, 0.29) is 6.79 Å². The number of nitrogens with one attached hydrogen (secondary N) is 2. The molecule has 8 nitrogen and oxygen atoms in total. The SMILES string of the molecule is O=C(C=Cc1ccc2c(c1)OCO2)N[C@@H](CO)C(=O)Nc1nccs1. The molecule has 0 bridgehead atoms. The fraction of sp³-hybridized carbons (Fsp3) is 0.188. The van der Waals surface area contributed by atoms with Gasteiger partial charge in [0, 0.05) is 17.7 Å². The first-order valence-corrected chi connectivity index (χ1v) is 8.23. The number of nitrogens with zero attached hydrogens (tertiary/aromatic N) is 1. The molecule has 2 heterocycles. The zero-order valence-corrected chi connectivity index (χ0v) is 13.8. The van der Waals surface area contributed by atoms with Crippen LogP contribution in [-0.4, -0.2) is 41.3 Å². The number of aromatic nitrogens is 1. The van der Waals surface area contributed by atoms with Crippen LogP contribution in [-0.2, 0) is 9.59 Å². The van der Waals surface area contributed by atoms with E-state index in [1.54, 1.807) is 35.9 Å². The Labute approximate surface area is 147 Å². The third-order valence-electron chi connectivity index (χ3n) is 3.30. The Kier molecular flexibility index (Phi) is 5.26. The second kappa shape index (κ2) is 7.77. The number of thiazole rings is 1. The molecule has 3 N–H and O–H groups in total. The predicted molar refractivity (Wildman–Crippen MR) is 91.4 cm³/mol. The van der Waals surface area contributed by atoms with Crippen LogP contribution in [0.4, 0.5) is 5.13 Å². The molecule has 0 fully saturated rings. The monoisotopic (exact) mass is 361 g/mol. The first-order chi connectivity index (χ1) is 12.2. The van der Waals surface area contributed by atoms with E-state index in [1.807, 2.05) is 0 Å². The van der Waals surface area contributed by atoms with Crippen LogP contribution in [0.15, 0.2) is 35.9 Å². The average molecular weight is 361 g/mol. The van der Waals surface area contributed by atoms with Crippen LogP contribution in [0.5, 0.6) is 11.5 Å². The van der Waals surface area contributed by atoms with Crippen LogP contribution in [0.2, 0.25) is 0 Å². The maximum atomic E-state index is 12.0. The van der Waals surface area contributed by atoms with Gasteiger partial charge in [-0.25, -0.2) is 4.98 Å². The molecule has 0 saturated heterocycles. The van der Waals surface area contributed by atoms with Crippen molar-refractivity contribution < 1.29 is 24.2 Å². The molecule has 2 amide bonds. The van der Waals surface area contributed by atoms with E-state index in [0.717, 1.165) is 5.56 Å². The maximum Gasteiger partial charge on any atom is 0.251 e. The molecule has 25 heavy (non-hydrogen) atoms. The number of amides is 2. The van der Waals surface area contributed by atoms with Gasteiger partial charge in [-0.3, -0.25) is 9.59 Å². The molecule has 0 unspecified atom stereocenters. The summed E-state index contributed by atoms with van der Waals surface area (Å²) >= 11 is 1.24. The van der Waals surface area contributed by atoms with Crippen LogP contribution in [0.1, 0.15) is 5.56 Å². The molecule has 1 aromatic carbocycles. The number of aliphatic hydroxyl groups is 1. The van der Waals surface area contributed by atoms with Gasteiger partial charge in [-0.05, 0) is 23.8 Å². The Bertz CT molecular complexity index is 791. The van der Waals surface area contributed by atoms with E-state index in [4.69, 9.17) is 9.47 Å². The summed E-state index contributed by atoms with van der Waals surface area (Å²) in [6.45, 7) is -0.351. The van der Waals surface area contributed by atoms with Gasteiger partial charge < -0.3 is 25.2 Å². The zero-order valence-electron chi connectivity index (χ0n) is 13.0. The summed E-state index contributed by atoms with van der Waals surface area (Å²) in [7, 11) is 0. The first-order valence-electron chi connectivity index (χ1n) is 7.35. The summed E-state index contributed by atoms with van der Waals surface area (Å²) in [4.78, 5) is 27.9. The highest BCUT2D eigenvalue weighted by Crippen LogP contribution is 2.32. The Balaban J connectivity index is 1.57. The van der Waals surface area contributed by atoms with Crippen molar-refractivity contribution >= 4 is 34.4 Å². The summed E-state index contributed by atoms with van der Waals surface area (Å²) in [6.07, 6.45) is 4.39. The predicted octanol–water partition coefficient (Wildman–Crippen LogP) is 1.00. The Morgan fingerprint density at radius 1 is 1.36 bits per heavy atom. The molecule has 0 radical (unpaired) electrons. The topological polar surface area (TPSA) is 110 Å². The summed E-state index contributed by atoms with van der Waals surface area (Å²) in [5.74, 6) is 0.215. The van der Waals surface area contributed by atoms with Crippen molar-refractivity contribution in [2.75, 3.05) is 18.7 Å². The summed E-state index contributed by atoms with van der Waals surface area (Å²) in [5.41, 5.74) is 0.743. The van der Waals surface area contributed by atoms with Crippen molar-refractivity contribution in [1.82, 2.24) is 10.3 Å². The quantitative estimate of drug-likeness (QED) is 0.662. The lowest BCUT2D eigenvalue weighted by Crippen LogP contribution is -2.45. The number of anilines is 1. The number of benzene rings is 1. The van der Waals surface area contributed by atoms with E-state index in [2.05, 4.69) is 15.6 Å². The summed E-state index contributed by atoms with van der Waals surface area (Å²) in [5, 5.41) is 16.4. The van der Waals surface area contributed by atoms with Gasteiger partial charge in [0.15, 0.2) is 16.6 Å². The summed E-state index contributed by atoms with van der Waals surface area (Å²) < 4.78 is 10.5. The highest BCUT2D eigenvalue weighted by Gasteiger charge is 2.19. The minimum Gasteiger partial charge on any atom is -0.454 e. The fourth-order valence-corrected chi connectivity index (χ4v) is 2.61. The number of aliphatic hydroxyl groups excluding tert-OH is 1. The number of ether oxygens (including phenoxy) is 2. The molecule has 2 aromatic rings. The Morgan fingerprint density at radius 2 is 2.20 bits per heavy atom. The lowest BCUT2D eigenvalue weighted by atomic mass is 10.2. The van der Waals surface area contributed by atoms with Crippen molar-refractivity contribution in [3.05, 3.63) is 41.4 Å². The molecule has 0 spiro atoms. The second-order valence-corrected chi connectivity index (χ2v) is 5.91. The molecule has 1 aromatic heterocycles. The Morgan fingerprint density at radius 3 is 2.96 bits per heavy atom. The van der Waals surface area contributed by atoms with Crippen molar-refractivity contribution in [1.29, 1.82) is 0 Å². The molecular formula is C16H15N3O5S. The maximum absolute atomic E-state index is 12.0. The number of fused-ring (bicyclic) bond motifs is 1. The molecular weight excluding hydrogens is 346 g/mol. The van der Waals surface area contributed by atoms with E-state index in [1.165, 1.54) is 17.4 Å². The molecule has 1 aliphatic heterocycles. The molecule has 130 valence electrons. The van der Waals surface area contributed by atoms with Crippen LogP contribution in [0, 0.1) is 0 Å². The Hall–Kier alpha value is -2.91. The fourth-order valence-electron chi connectivity index (χ4n) is 2.08. The number of carbonyl (C=O) groups excluding carboxylic acids is 2. The van der Waals surface area contributed by atoms with E-state index in [9.17, 15) is 14.7 Å². The van der Waals surface area contributed by atoms with Gasteiger partial charge in [0.1, 0.15) is 6.04 Å². The van der Waals surface area contributed by atoms with Gasteiger partial charge in [-0.15, -0.1) is 11.3 Å². The third-order valence-corrected chi connectivity index (χ3v) is 3.99. The number of rotatable bonds is 6. The first kappa shape index (κ1) is 16.9. The van der Waals surface area contributed by atoms with Gasteiger partial charge in [0.05, 0.1) is 6.61 Å². The average Bonchev–Trinajstić information content (AvgIpc) is 3.28. The molecule has 1 atom stereocenters. The normalized spacial score (nSPS) is 13.6. The van der Waals surface area contributed by atoms with Crippen LogP contribution < -0.4 is 20.1 Å². The number of carbonyl (C=O) groups is 2. The molecule has 1 aliphatic rings. The number of hydrogen-bond donors (Lipinski definition) is 3. The highest BCUT2D eigenvalue weighted by atomic mass is 32.1. The van der Waals surface area contributed by atoms with Gasteiger partial charge >= 0.3 is 0 Å². The third kappa shape index (κ3) is 4.34. The lowest BCUT2D eigenvalue weighted by Gasteiger charge is -2.13. The lowest BCUT2D eigenvalue weighted by molar-refractivity contribution is -0.124. The van der Waals surface area contributed by atoms with Crippen molar-refractivity contribution in [2.24, 2.45) is 0 Å². The minimum absolute atomic E-state index is 0.176. The van der Waals surface area contributed by atoms with Crippen molar-refractivity contribution in [2.45, 2.75) is 6.04 Å². The van der Waals surface area contributed by atoms with E-state index < -0.39 is 24.5 Å². The zero-order chi connectivity index (χ0) is 17.6. The summed E-state index contributed by atoms with van der Waals surface area (Å²) in [6, 6.07) is 4.19. The van der Waals surface area contributed by atoms with Crippen LogP contribution in [0.3, 0.4) is 0 Å². The van der Waals surface area contributed by atoms with E-state index >= 15 is 0 Å². The second-order valence-electron chi connectivity index (χ2n) is 5.02. The van der Waals surface area contributed by atoms with Gasteiger partial charge in [0.2, 0.25) is 12.7 Å². The van der Waals surface area contributed by atoms with Crippen LogP contribution >= 0.6 is 11.3 Å². The highest BCUT2D eigenvalue weighted by molar-refractivity contribution is 7.13. The molecule has 0 saturated carbocycles. The number of hydrogen-bond acceptors (Lipinski definition) is 7. The largest absolute Gasteiger partial charge is 0.454 e. The van der Waals surface area contributed by atoms with Gasteiger partial charge in [-0.2, -0.15) is 0 Å². The minimum atomic E-state index is -1.07. The van der Waals surface area contributed by atoms with Crippen molar-refractivity contribution in [3.63, 3.8) is 0 Å². The van der Waals surface area contributed by atoms with Crippen LogP contribution in [0.25, 0.3) is 6.08 Å². The molecule has 0 aliphatic carbocycles. The van der Waals surface area contributed by atoms with Gasteiger partial charge in [-0.1, -0.05) is 6.07 Å². The smallest absolute Gasteiger partial charge is 0.251 e. The van der Waals surface area contributed by atoms with Gasteiger partial charge in [0.25, 0.3) is 5.91 Å². The standard InChI is InChI=1S/C16H15N3O5S/c20-8-11(15(22)19-16-17-5-6-25-16)18-14(21)4-2-10-1-3-12-13(7-10)24-9-23-12/h1-7,11,20H,8-9H2,(H,18,21)(H,17,19,22)/t11-/m0/s1. The van der Waals surface area contributed by atoms with Crippen molar-refractivity contribution in [3.8, 4) is 11.5 Å². The molecule has 3 rings (SSSR count). The molecule has 9 heteroatoms. The van der Waals surface area contributed by atoms with E-state index in [0.29, 0.717) is 16.6 Å².